The van der Waals surface area contributed by atoms with Crippen molar-refractivity contribution in [1.82, 2.24) is 4.90 Å². The Morgan fingerprint density at radius 2 is 0.737 bits per heavy atom. The van der Waals surface area contributed by atoms with Crippen molar-refractivity contribution in [2.45, 2.75) is 0 Å². The molecule has 19 heavy (non-hydrogen) atoms. The summed E-state index contributed by atoms with van der Waals surface area (Å²) in [6.07, 6.45) is 0. The molecule has 6 nitrogen and oxygen atoms in total. The van der Waals surface area contributed by atoms with E-state index in [1.165, 1.54) is 0 Å². The molecule has 0 aromatic rings. The minimum atomic E-state index is 0. The van der Waals surface area contributed by atoms with Gasteiger partial charge in [0.15, 0.2) is 0 Å². The molecule has 0 saturated carbocycles. The van der Waals surface area contributed by atoms with E-state index in [2.05, 4.69) is 26.6 Å². The second-order valence-electron chi connectivity index (χ2n) is 3.33. The van der Waals surface area contributed by atoms with Gasteiger partial charge in [0, 0.05) is 0 Å². The van der Waals surface area contributed by atoms with Crippen LogP contribution in [0.5, 0.6) is 0 Å². The van der Waals surface area contributed by atoms with Crippen LogP contribution in [0.3, 0.4) is 0 Å². The Balaban J connectivity index is -0.0000000287. The second kappa shape index (κ2) is 62.8. The summed E-state index contributed by atoms with van der Waals surface area (Å²) < 4.78 is 0. The van der Waals surface area contributed by atoms with Crippen LogP contribution in [-0.4, -0.2) is 89.1 Å². The summed E-state index contributed by atoms with van der Waals surface area (Å²) >= 11 is 0. The molecule has 0 aromatic heterocycles. The van der Waals surface area contributed by atoms with Crippen molar-refractivity contribution in [3.63, 3.8) is 0 Å². The van der Waals surface area contributed by atoms with Gasteiger partial charge in [0.25, 0.3) is 0 Å². The predicted octanol–water partition coefficient (Wildman–Crippen LogP) is 2.99. The zero-order valence-corrected chi connectivity index (χ0v) is 18.1. The van der Waals surface area contributed by atoms with Gasteiger partial charge in [-0.15, -0.1) is 0 Å². The Morgan fingerprint density at radius 1 is 0.579 bits per heavy atom. The van der Waals surface area contributed by atoms with Gasteiger partial charge in [-0.3, -0.25) is 0 Å². The minimum absolute atomic E-state index is 0. The fourth-order valence-electron chi connectivity index (χ4n) is 0.283. The number of nitrogens with zero attached hydrogens (tertiary/aromatic N) is 6. The van der Waals surface area contributed by atoms with E-state index in [-0.39, 0.29) is 22.4 Å². The topological polar surface area (TPSA) is 73.7 Å². The van der Waals surface area contributed by atoms with Gasteiger partial charge in [-0.25, -0.2) is 0 Å². The molecule has 0 fully saturated rings. The Bertz CT molecular complexity index is 69.2. The molecule has 0 atom stereocenters. The Morgan fingerprint density at radius 3 is 0.737 bits per heavy atom. The largest absolute Gasteiger partial charge is 5.00 e. The minimum Gasteiger partial charge on any atom is -0.668 e. The van der Waals surface area contributed by atoms with Crippen molar-refractivity contribution >= 4 is 0 Å². The van der Waals surface area contributed by atoms with E-state index in [1.807, 2.05) is 19.0 Å². The van der Waals surface area contributed by atoms with Gasteiger partial charge in [0.1, 0.15) is 0 Å². The predicted molar refractivity (Wildman–Crippen MR) is 88.7 cm³/mol. The molecule has 0 N–H and O–H groups in total. The third kappa shape index (κ3) is 411. The van der Waals surface area contributed by atoms with Crippen molar-refractivity contribution in [3.05, 3.63) is 26.6 Å². The van der Waals surface area contributed by atoms with E-state index in [1.54, 1.807) is 63.4 Å². The maximum atomic E-state index is 3.86. The monoisotopic (exact) mass is 444 g/mol. The quantitative estimate of drug-likeness (QED) is 0.646. The van der Waals surface area contributed by atoms with Crippen molar-refractivity contribution in [3.8, 4) is 0 Å². The molecule has 0 saturated heterocycles. The van der Waals surface area contributed by atoms with Crippen LogP contribution < -0.4 is 0 Å². The van der Waals surface area contributed by atoms with E-state index in [0.717, 1.165) is 6.67 Å². The summed E-state index contributed by atoms with van der Waals surface area (Å²) in [7, 11) is 19.8. The SMILES string of the molecule is C[N-]C.C[N-]C.C[N-]C.C[N-]C.C[N-]CN(C)C.[Ta+5]. The molecule has 0 aromatic carbocycles. The van der Waals surface area contributed by atoms with Crippen molar-refractivity contribution in [2.75, 3.05) is 84.2 Å². The van der Waals surface area contributed by atoms with E-state index >= 15 is 0 Å². The molecule has 0 heterocycles. The van der Waals surface area contributed by atoms with E-state index < -0.39 is 0 Å². The molecule has 0 spiro atoms. The smallest absolute Gasteiger partial charge is 0.668 e. The first-order valence-corrected chi connectivity index (χ1v) is 5.55. The fourth-order valence-corrected chi connectivity index (χ4v) is 0.283. The molecule has 0 rings (SSSR count). The molecule has 0 amide bonds. The molecular weight excluding hydrogens is 409 g/mol. The maximum absolute atomic E-state index is 3.86. The van der Waals surface area contributed by atoms with Crippen LogP contribution in [0.25, 0.3) is 26.6 Å². The molecule has 0 aliphatic heterocycles. The average molecular weight is 444 g/mol. The zero-order valence-electron chi connectivity index (χ0n) is 14.8. The van der Waals surface area contributed by atoms with Gasteiger partial charge in [0.2, 0.25) is 0 Å². The van der Waals surface area contributed by atoms with Crippen LogP contribution in [0, 0.1) is 0 Å². The zero-order chi connectivity index (χ0) is 15.8. The maximum Gasteiger partial charge on any atom is 5.00 e. The number of hydrogen-bond acceptors (Lipinski definition) is 1. The summed E-state index contributed by atoms with van der Waals surface area (Å²) in [6.45, 7) is 0.833. The Hall–Kier alpha value is 0.500. The second-order valence-corrected chi connectivity index (χ2v) is 3.33. The standard InChI is InChI=1S/C4H11N2.4C2H6N.Ta/c1-5-4-6(2)3;4*1-3-2;/h4H2,1-3H3;4*1-2H3;/q5*-1;+5. The van der Waals surface area contributed by atoms with Gasteiger partial charge in [-0.1, -0.05) is 6.67 Å². The molecule has 0 aliphatic carbocycles. The molecule has 0 unspecified atom stereocenters. The molecule has 118 valence electrons. The van der Waals surface area contributed by atoms with Crippen LogP contribution in [0.4, 0.5) is 0 Å². The molecule has 0 bridgehead atoms. The van der Waals surface area contributed by atoms with Crippen molar-refractivity contribution < 1.29 is 22.4 Å². The molecular formula is C12H35N6Ta. The Labute approximate surface area is 138 Å². The van der Waals surface area contributed by atoms with Gasteiger partial charge in [0.05, 0.1) is 0 Å². The van der Waals surface area contributed by atoms with Gasteiger partial charge < -0.3 is 31.5 Å². The van der Waals surface area contributed by atoms with Crippen LogP contribution in [-0.2, 0) is 22.4 Å². The van der Waals surface area contributed by atoms with Crippen LogP contribution >= 0.6 is 0 Å². The summed E-state index contributed by atoms with van der Waals surface area (Å²) in [5.74, 6) is 0. The van der Waals surface area contributed by atoms with Gasteiger partial charge >= 0.3 is 22.4 Å². The summed E-state index contributed by atoms with van der Waals surface area (Å²) in [5.41, 5.74) is 0. The van der Waals surface area contributed by atoms with Crippen molar-refractivity contribution in [1.29, 1.82) is 0 Å². The summed E-state index contributed by atoms with van der Waals surface area (Å²) in [5, 5.41) is 17.9. The number of rotatable bonds is 2. The first kappa shape index (κ1) is 36.6. The average Bonchev–Trinajstić information content (AvgIpc) is 2.21. The Kier molecular flexibility index (Phi) is 121. The van der Waals surface area contributed by atoms with Crippen LogP contribution in [0.1, 0.15) is 0 Å². The summed E-state index contributed by atoms with van der Waals surface area (Å²) in [4.78, 5) is 2.01. The summed E-state index contributed by atoms with van der Waals surface area (Å²) in [6, 6.07) is 0. The third-order valence-corrected chi connectivity index (χ3v) is 0.424. The molecule has 0 aliphatic rings. The van der Waals surface area contributed by atoms with E-state index in [0.29, 0.717) is 0 Å². The molecule has 7 heteroatoms. The van der Waals surface area contributed by atoms with E-state index in [9.17, 15) is 0 Å². The normalized spacial score (nSPS) is 6.95. The van der Waals surface area contributed by atoms with Crippen molar-refractivity contribution in [2.24, 2.45) is 0 Å². The van der Waals surface area contributed by atoms with E-state index in [4.69, 9.17) is 0 Å². The number of hydrogen-bond donors (Lipinski definition) is 0. The first-order chi connectivity index (χ1) is 8.43. The van der Waals surface area contributed by atoms with Crippen LogP contribution in [0.15, 0.2) is 0 Å². The van der Waals surface area contributed by atoms with Gasteiger partial charge in [-0.05, 0) is 14.1 Å². The fraction of sp³-hybridized carbons (Fsp3) is 1.00. The first-order valence-electron chi connectivity index (χ1n) is 5.55. The van der Waals surface area contributed by atoms with Gasteiger partial charge in [-0.2, -0.15) is 63.4 Å². The molecule has 0 radical (unpaired) electrons. The third-order valence-electron chi connectivity index (χ3n) is 0.424. The van der Waals surface area contributed by atoms with Crippen LogP contribution in [0.2, 0.25) is 0 Å².